The van der Waals surface area contributed by atoms with E-state index in [-0.39, 0.29) is 6.04 Å². The SMILES string of the molecule is CCC[C@@H](C)COc1ccc([C@H](N)C(C)C)cc1. The largest absolute Gasteiger partial charge is 0.493 e. The number of hydrogen-bond acceptors (Lipinski definition) is 2. The summed E-state index contributed by atoms with van der Waals surface area (Å²) in [6, 6.07) is 8.31. The Kier molecular flexibility index (Phi) is 6.20. The van der Waals surface area contributed by atoms with Crippen molar-refractivity contribution < 1.29 is 4.74 Å². The lowest BCUT2D eigenvalue weighted by Crippen LogP contribution is -2.16. The molecule has 0 aliphatic carbocycles. The van der Waals surface area contributed by atoms with Crippen LogP contribution in [0.2, 0.25) is 0 Å². The number of ether oxygens (including phenoxy) is 1. The predicted molar refractivity (Wildman–Crippen MR) is 77.8 cm³/mol. The Hall–Kier alpha value is -1.02. The molecule has 1 aromatic rings. The first-order chi connectivity index (χ1) is 8.54. The van der Waals surface area contributed by atoms with Gasteiger partial charge in [-0.3, -0.25) is 0 Å². The summed E-state index contributed by atoms with van der Waals surface area (Å²) < 4.78 is 5.77. The number of nitrogens with two attached hydrogens (primary N) is 1. The molecule has 0 amide bonds. The molecule has 18 heavy (non-hydrogen) atoms. The van der Waals surface area contributed by atoms with Crippen molar-refractivity contribution >= 4 is 0 Å². The molecule has 0 fully saturated rings. The molecular weight excluding hydrogens is 222 g/mol. The van der Waals surface area contributed by atoms with Crippen molar-refractivity contribution in [2.75, 3.05) is 6.61 Å². The Morgan fingerprint density at radius 1 is 1.11 bits per heavy atom. The second kappa shape index (κ2) is 7.42. The standard InChI is InChI=1S/C16H27NO/c1-5-6-13(4)11-18-15-9-7-14(8-10-15)16(17)12(2)3/h7-10,12-13,16H,5-6,11,17H2,1-4H3/t13-,16-/m1/s1. The van der Waals surface area contributed by atoms with Crippen molar-refractivity contribution in [3.63, 3.8) is 0 Å². The van der Waals surface area contributed by atoms with Crippen molar-refractivity contribution in [2.45, 2.75) is 46.6 Å². The Morgan fingerprint density at radius 3 is 2.22 bits per heavy atom. The van der Waals surface area contributed by atoms with Gasteiger partial charge in [0.05, 0.1) is 6.61 Å². The van der Waals surface area contributed by atoms with Crippen LogP contribution in [0.4, 0.5) is 0 Å². The van der Waals surface area contributed by atoms with E-state index < -0.39 is 0 Å². The highest BCUT2D eigenvalue weighted by atomic mass is 16.5. The normalized spacial score (nSPS) is 14.6. The minimum Gasteiger partial charge on any atom is -0.493 e. The van der Waals surface area contributed by atoms with Crippen LogP contribution in [0.5, 0.6) is 5.75 Å². The maximum Gasteiger partial charge on any atom is 0.119 e. The van der Waals surface area contributed by atoms with Gasteiger partial charge in [-0.15, -0.1) is 0 Å². The lowest BCUT2D eigenvalue weighted by atomic mass is 9.97. The van der Waals surface area contributed by atoms with E-state index in [1.165, 1.54) is 18.4 Å². The second-order valence-corrected chi connectivity index (χ2v) is 5.54. The molecule has 0 unspecified atom stereocenters. The third-order valence-electron chi connectivity index (χ3n) is 3.30. The summed E-state index contributed by atoms with van der Waals surface area (Å²) in [6.45, 7) is 9.51. The van der Waals surface area contributed by atoms with E-state index in [4.69, 9.17) is 10.5 Å². The summed E-state index contributed by atoms with van der Waals surface area (Å²) >= 11 is 0. The fourth-order valence-electron chi connectivity index (χ4n) is 1.99. The van der Waals surface area contributed by atoms with Gasteiger partial charge in [-0.25, -0.2) is 0 Å². The first-order valence-electron chi connectivity index (χ1n) is 7.03. The fraction of sp³-hybridized carbons (Fsp3) is 0.625. The molecule has 0 spiro atoms. The molecule has 2 N–H and O–H groups in total. The van der Waals surface area contributed by atoms with E-state index in [1.807, 2.05) is 12.1 Å². The topological polar surface area (TPSA) is 35.2 Å². The van der Waals surface area contributed by atoms with Gasteiger partial charge in [0.15, 0.2) is 0 Å². The number of benzene rings is 1. The summed E-state index contributed by atoms with van der Waals surface area (Å²) in [5.41, 5.74) is 7.29. The average molecular weight is 249 g/mol. The Balaban J connectivity index is 2.50. The quantitative estimate of drug-likeness (QED) is 0.787. The van der Waals surface area contributed by atoms with Crippen molar-refractivity contribution in [3.05, 3.63) is 29.8 Å². The Labute approximate surface area is 112 Å². The van der Waals surface area contributed by atoms with E-state index >= 15 is 0 Å². The summed E-state index contributed by atoms with van der Waals surface area (Å²) in [7, 11) is 0. The van der Waals surface area contributed by atoms with E-state index in [0.29, 0.717) is 11.8 Å². The highest BCUT2D eigenvalue weighted by molar-refractivity contribution is 5.29. The van der Waals surface area contributed by atoms with Gasteiger partial charge in [0.1, 0.15) is 5.75 Å². The Bertz CT molecular complexity index is 331. The van der Waals surface area contributed by atoms with Gasteiger partial charge >= 0.3 is 0 Å². The molecule has 2 atom stereocenters. The molecule has 0 aliphatic heterocycles. The van der Waals surface area contributed by atoms with Crippen LogP contribution in [-0.4, -0.2) is 6.61 Å². The third-order valence-corrected chi connectivity index (χ3v) is 3.30. The molecule has 0 heterocycles. The highest BCUT2D eigenvalue weighted by Gasteiger charge is 2.10. The van der Waals surface area contributed by atoms with Crippen LogP contribution in [0.3, 0.4) is 0 Å². The molecule has 1 aromatic carbocycles. The minimum atomic E-state index is 0.109. The zero-order valence-electron chi connectivity index (χ0n) is 12.1. The summed E-state index contributed by atoms with van der Waals surface area (Å²) in [4.78, 5) is 0. The van der Waals surface area contributed by atoms with Crippen molar-refractivity contribution in [2.24, 2.45) is 17.6 Å². The molecule has 0 aromatic heterocycles. The molecule has 2 heteroatoms. The molecule has 0 radical (unpaired) electrons. The van der Waals surface area contributed by atoms with Gasteiger partial charge in [-0.05, 0) is 36.0 Å². The molecular formula is C16H27NO. The van der Waals surface area contributed by atoms with Crippen LogP contribution in [0.25, 0.3) is 0 Å². The zero-order chi connectivity index (χ0) is 13.5. The molecule has 1 rings (SSSR count). The van der Waals surface area contributed by atoms with Crippen molar-refractivity contribution in [3.8, 4) is 5.75 Å². The smallest absolute Gasteiger partial charge is 0.119 e. The van der Waals surface area contributed by atoms with E-state index in [1.54, 1.807) is 0 Å². The van der Waals surface area contributed by atoms with Gasteiger partial charge in [-0.1, -0.05) is 46.2 Å². The van der Waals surface area contributed by atoms with Gasteiger partial charge in [0.2, 0.25) is 0 Å². The molecule has 0 bridgehead atoms. The first-order valence-corrected chi connectivity index (χ1v) is 7.03. The monoisotopic (exact) mass is 249 g/mol. The summed E-state index contributed by atoms with van der Waals surface area (Å²) in [6.07, 6.45) is 2.43. The lowest BCUT2D eigenvalue weighted by molar-refractivity contribution is 0.251. The van der Waals surface area contributed by atoms with Crippen molar-refractivity contribution in [1.29, 1.82) is 0 Å². The second-order valence-electron chi connectivity index (χ2n) is 5.54. The lowest BCUT2D eigenvalue weighted by Gasteiger charge is -2.17. The van der Waals surface area contributed by atoms with E-state index in [0.717, 1.165) is 12.4 Å². The summed E-state index contributed by atoms with van der Waals surface area (Å²) in [5, 5.41) is 0. The van der Waals surface area contributed by atoms with E-state index in [9.17, 15) is 0 Å². The van der Waals surface area contributed by atoms with Crippen molar-refractivity contribution in [1.82, 2.24) is 0 Å². The number of hydrogen-bond donors (Lipinski definition) is 1. The maximum absolute atomic E-state index is 6.11. The summed E-state index contributed by atoms with van der Waals surface area (Å²) in [5.74, 6) is 2.02. The maximum atomic E-state index is 6.11. The van der Waals surface area contributed by atoms with Crippen LogP contribution in [-0.2, 0) is 0 Å². The molecule has 0 aliphatic rings. The van der Waals surface area contributed by atoms with Crippen LogP contribution in [0.15, 0.2) is 24.3 Å². The average Bonchev–Trinajstić information content (AvgIpc) is 2.36. The fourth-order valence-corrected chi connectivity index (χ4v) is 1.99. The first kappa shape index (κ1) is 15.0. The Morgan fingerprint density at radius 2 is 1.72 bits per heavy atom. The van der Waals surface area contributed by atoms with Gasteiger partial charge in [0.25, 0.3) is 0 Å². The molecule has 0 saturated heterocycles. The van der Waals surface area contributed by atoms with Crippen LogP contribution in [0, 0.1) is 11.8 Å². The molecule has 102 valence electrons. The zero-order valence-corrected chi connectivity index (χ0v) is 12.1. The molecule has 2 nitrogen and oxygen atoms in total. The van der Waals surface area contributed by atoms with Crippen LogP contribution in [0.1, 0.15) is 52.1 Å². The molecule has 0 saturated carbocycles. The van der Waals surface area contributed by atoms with Crippen LogP contribution < -0.4 is 10.5 Å². The predicted octanol–water partition coefficient (Wildman–Crippen LogP) is 4.16. The third kappa shape index (κ3) is 4.69. The van der Waals surface area contributed by atoms with Gasteiger partial charge in [-0.2, -0.15) is 0 Å². The van der Waals surface area contributed by atoms with Gasteiger partial charge < -0.3 is 10.5 Å². The van der Waals surface area contributed by atoms with E-state index in [2.05, 4.69) is 39.8 Å². The number of rotatable bonds is 7. The van der Waals surface area contributed by atoms with Crippen LogP contribution >= 0.6 is 0 Å². The van der Waals surface area contributed by atoms with Gasteiger partial charge in [0, 0.05) is 6.04 Å². The highest BCUT2D eigenvalue weighted by Crippen LogP contribution is 2.22. The minimum absolute atomic E-state index is 0.109.